The van der Waals surface area contributed by atoms with Crippen LogP contribution < -0.4 is 5.43 Å². The Hall–Kier alpha value is -3.60. The molecule has 0 bridgehead atoms. The van der Waals surface area contributed by atoms with E-state index < -0.39 is 35.2 Å². The van der Waals surface area contributed by atoms with Crippen molar-refractivity contribution in [1.29, 1.82) is 0 Å². The average Bonchev–Trinajstić information content (AvgIpc) is 3.12. The number of ether oxygens (including phenoxy) is 1. The monoisotopic (exact) mass is 489 g/mol. The number of hydrazine groups is 1. The molecule has 2 aromatic rings. The van der Waals surface area contributed by atoms with Crippen LogP contribution in [0.2, 0.25) is 0 Å². The van der Waals surface area contributed by atoms with Crippen molar-refractivity contribution < 1.29 is 28.8 Å². The fourth-order valence-corrected chi connectivity index (χ4v) is 3.13. The van der Waals surface area contributed by atoms with Gasteiger partial charge in [0.1, 0.15) is 0 Å². The van der Waals surface area contributed by atoms with Gasteiger partial charge in [-0.1, -0.05) is 28.1 Å². The molecule has 160 valence electrons. The van der Waals surface area contributed by atoms with E-state index in [1.165, 1.54) is 24.3 Å². The average molecular weight is 490 g/mol. The largest absolute Gasteiger partial charge is 0.457 e. The summed E-state index contributed by atoms with van der Waals surface area (Å²) in [4.78, 5) is 58.8. The molecule has 10 nitrogen and oxygen atoms in total. The van der Waals surface area contributed by atoms with Crippen molar-refractivity contribution in [1.82, 2.24) is 10.4 Å². The number of carbonyl (C=O) groups excluding carboxylic acids is 4. The summed E-state index contributed by atoms with van der Waals surface area (Å²) in [7, 11) is 0. The van der Waals surface area contributed by atoms with Crippen LogP contribution in [0.4, 0.5) is 5.69 Å². The van der Waals surface area contributed by atoms with Gasteiger partial charge in [-0.25, -0.2) is 0 Å². The Morgan fingerprint density at radius 3 is 2.32 bits per heavy atom. The molecule has 0 aromatic heterocycles. The van der Waals surface area contributed by atoms with E-state index in [0.717, 1.165) is 9.48 Å². The summed E-state index contributed by atoms with van der Waals surface area (Å²) >= 11 is 3.26. The van der Waals surface area contributed by atoms with E-state index in [-0.39, 0.29) is 30.0 Å². The number of nitrogens with one attached hydrogen (secondary N) is 1. The highest BCUT2D eigenvalue weighted by molar-refractivity contribution is 9.10. The lowest BCUT2D eigenvalue weighted by atomic mass is 10.1. The maximum atomic E-state index is 12.3. The highest BCUT2D eigenvalue weighted by Gasteiger charge is 2.36. The van der Waals surface area contributed by atoms with Crippen molar-refractivity contribution >= 4 is 45.2 Å². The van der Waals surface area contributed by atoms with E-state index in [1.54, 1.807) is 24.3 Å². The van der Waals surface area contributed by atoms with Crippen LogP contribution in [-0.2, 0) is 14.3 Å². The first-order valence-electron chi connectivity index (χ1n) is 9.06. The first kappa shape index (κ1) is 22.1. The minimum Gasteiger partial charge on any atom is -0.457 e. The van der Waals surface area contributed by atoms with Gasteiger partial charge in [0.25, 0.3) is 11.6 Å². The molecule has 0 aliphatic carbocycles. The van der Waals surface area contributed by atoms with Crippen LogP contribution in [0.5, 0.6) is 0 Å². The highest BCUT2D eigenvalue weighted by Crippen LogP contribution is 2.19. The number of nitro benzene ring substituents is 1. The van der Waals surface area contributed by atoms with Gasteiger partial charge < -0.3 is 4.74 Å². The molecule has 11 heteroatoms. The van der Waals surface area contributed by atoms with Crippen LogP contribution >= 0.6 is 15.9 Å². The second-order valence-corrected chi connectivity index (χ2v) is 7.60. The van der Waals surface area contributed by atoms with Crippen LogP contribution in [0.1, 0.15) is 27.1 Å². The van der Waals surface area contributed by atoms with Crippen molar-refractivity contribution in [2.24, 2.45) is 5.92 Å². The van der Waals surface area contributed by atoms with Gasteiger partial charge in [-0.3, -0.25) is 39.7 Å². The molecule has 31 heavy (non-hydrogen) atoms. The molecule has 3 rings (SSSR count). The third kappa shape index (κ3) is 5.51. The number of rotatable bonds is 7. The zero-order valence-corrected chi connectivity index (χ0v) is 17.5. The second-order valence-electron chi connectivity index (χ2n) is 6.69. The van der Waals surface area contributed by atoms with Gasteiger partial charge in [-0.2, -0.15) is 0 Å². The SMILES string of the molecule is O=C(COC(=O)[C@H]1CC(=O)N(NC(=O)c2ccc([N+](=O)[O-])cc2)C1)c1ccc(Br)cc1. The molecular weight excluding hydrogens is 474 g/mol. The number of ketones is 1. The number of nitro groups is 1. The van der Waals surface area contributed by atoms with Crippen LogP contribution in [-0.4, -0.2) is 46.7 Å². The van der Waals surface area contributed by atoms with Crippen molar-refractivity contribution in [2.75, 3.05) is 13.2 Å². The summed E-state index contributed by atoms with van der Waals surface area (Å²) in [6, 6.07) is 11.4. The minimum absolute atomic E-state index is 0.108. The minimum atomic E-state index is -0.831. The van der Waals surface area contributed by atoms with Gasteiger partial charge in [-0.05, 0) is 24.3 Å². The summed E-state index contributed by atoms with van der Waals surface area (Å²) in [5.41, 5.74) is 2.70. The Morgan fingerprint density at radius 1 is 1.10 bits per heavy atom. The van der Waals surface area contributed by atoms with Gasteiger partial charge in [0.05, 0.1) is 17.4 Å². The van der Waals surface area contributed by atoms with Gasteiger partial charge in [0.2, 0.25) is 5.91 Å². The van der Waals surface area contributed by atoms with E-state index in [4.69, 9.17) is 4.74 Å². The third-order valence-electron chi connectivity index (χ3n) is 4.55. The molecule has 1 aliphatic rings. The van der Waals surface area contributed by atoms with Crippen LogP contribution in [0.25, 0.3) is 0 Å². The quantitative estimate of drug-likeness (QED) is 0.272. The van der Waals surface area contributed by atoms with Gasteiger partial charge >= 0.3 is 5.97 Å². The maximum absolute atomic E-state index is 12.3. The zero-order valence-electron chi connectivity index (χ0n) is 15.9. The molecule has 0 saturated carbocycles. The molecule has 1 aliphatic heterocycles. The highest BCUT2D eigenvalue weighted by atomic mass is 79.9. The lowest BCUT2D eigenvalue weighted by Gasteiger charge is -2.17. The summed E-state index contributed by atoms with van der Waals surface area (Å²) in [5.74, 6) is -3.07. The summed E-state index contributed by atoms with van der Waals surface area (Å²) < 4.78 is 5.85. The Balaban J connectivity index is 1.52. The molecular formula is C20H16BrN3O7. The summed E-state index contributed by atoms with van der Waals surface area (Å²) in [6.45, 7) is -0.566. The zero-order chi connectivity index (χ0) is 22.5. The number of Topliss-reactive ketones (excluding diaryl/α,β-unsaturated/α-hetero) is 1. The number of esters is 1. The first-order chi connectivity index (χ1) is 14.7. The molecule has 1 fully saturated rings. The first-order valence-corrected chi connectivity index (χ1v) is 9.85. The Bertz CT molecular complexity index is 1040. The van der Waals surface area contributed by atoms with Crippen LogP contribution in [0.3, 0.4) is 0 Å². The molecule has 1 heterocycles. The number of halogens is 1. The molecule has 2 amide bonds. The number of carbonyl (C=O) groups is 4. The van der Waals surface area contributed by atoms with E-state index >= 15 is 0 Å². The Morgan fingerprint density at radius 2 is 1.71 bits per heavy atom. The molecule has 0 spiro atoms. The molecule has 1 atom stereocenters. The van der Waals surface area contributed by atoms with E-state index in [9.17, 15) is 29.3 Å². The molecule has 2 aromatic carbocycles. The number of hydrogen-bond acceptors (Lipinski definition) is 7. The number of hydrogen-bond donors (Lipinski definition) is 1. The lowest BCUT2D eigenvalue weighted by molar-refractivity contribution is -0.384. The predicted octanol–water partition coefficient (Wildman–Crippen LogP) is 2.28. The third-order valence-corrected chi connectivity index (χ3v) is 5.08. The summed E-state index contributed by atoms with van der Waals surface area (Å²) in [5, 5.41) is 11.7. The van der Waals surface area contributed by atoms with E-state index in [0.29, 0.717) is 5.56 Å². The van der Waals surface area contributed by atoms with Crippen molar-refractivity contribution in [3.8, 4) is 0 Å². The number of amides is 2. The summed E-state index contributed by atoms with van der Waals surface area (Å²) in [6.07, 6.45) is -0.175. The maximum Gasteiger partial charge on any atom is 0.311 e. The van der Waals surface area contributed by atoms with Crippen LogP contribution in [0.15, 0.2) is 53.0 Å². The predicted molar refractivity (Wildman–Crippen MR) is 110 cm³/mol. The fourth-order valence-electron chi connectivity index (χ4n) is 2.87. The smallest absolute Gasteiger partial charge is 0.311 e. The molecule has 0 unspecified atom stereocenters. The molecule has 1 N–H and O–H groups in total. The molecule has 0 radical (unpaired) electrons. The van der Waals surface area contributed by atoms with Crippen molar-refractivity contribution in [3.05, 3.63) is 74.2 Å². The van der Waals surface area contributed by atoms with E-state index in [1.807, 2.05) is 0 Å². The molecule has 1 saturated heterocycles. The van der Waals surface area contributed by atoms with E-state index in [2.05, 4.69) is 21.4 Å². The van der Waals surface area contributed by atoms with Gasteiger partial charge in [0, 0.05) is 34.2 Å². The van der Waals surface area contributed by atoms with Gasteiger partial charge in [0.15, 0.2) is 12.4 Å². The standard InChI is InChI=1S/C20H16BrN3O7/c21-15-5-1-12(2-6-15)17(25)11-31-20(28)14-9-18(26)23(10-14)22-19(27)13-3-7-16(8-4-13)24(29)30/h1-8,14H,9-11H2,(H,22,27)/t14-/m0/s1. The number of benzene rings is 2. The fraction of sp³-hybridized carbons (Fsp3) is 0.200. The van der Waals surface area contributed by atoms with Crippen LogP contribution in [0, 0.1) is 16.0 Å². The normalized spacial score (nSPS) is 15.5. The van der Waals surface area contributed by atoms with Crippen molar-refractivity contribution in [2.45, 2.75) is 6.42 Å². The van der Waals surface area contributed by atoms with Gasteiger partial charge in [-0.15, -0.1) is 0 Å². The topological polar surface area (TPSA) is 136 Å². The Kier molecular flexibility index (Phi) is 6.75. The lowest BCUT2D eigenvalue weighted by Crippen LogP contribution is -2.43. The number of non-ortho nitro benzene ring substituents is 1. The number of nitrogens with zero attached hydrogens (tertiary/aromatic N) is 2. The van der Waals surface area contributed by atoms with Crippen molar-refractivity contribution in [3.63, 3.8) is 0 Å². The second kappa shape index (κ2) is 9.47. The Labute approximate surface area is 184 Å².